The second-order valence-corrected chi connectivity index (χ2v) is 10.6. The Labute approximate surface area is 220 Å². The summed E-state index contributed by atoms with van der Waals surface area (Å²) >= 11 is 8.40. The van der Waals surface area contributed by atoms with E-state index >= 15 is 0 Å². The molecule has 1 N–H and O–H groups in total. The topological polar surface area (TPSA) is 62.6 Å². The minimum absolute atomic E-state index is 0.0227. The Morgan fingerprint density at radius 3 is 2.74 bits per heavy atom. The summed E-state index contributed by atoms with van der Waals surface area (Å²) in [6.07, 6.45) is 1.63. The summed E-state index contributed by atoms with van der Waals surface area (Å²) < 4.78 is 20.8. The Kier molecular flexibility index (Phi) is 6.09. The quantitative estimate of drug-likeness (QED) is 0.263. The predicted molar refractivity (Wildman–Crippen MR) is 142 cm³/mol. The molecular formula is C27H21ClFIN2O3. The lowest BCUT2D eigenvalue weighted by atomic mass is 9.86. The number of hydrogen-bond donors (Lipinski definition) is 1. The van der Waals surface area contributed by atoms with Gasteiger partial charge in [0.2, 0.25) is 5.91 Å². The number of halogens is 3. The van der Waals surface area contributed by atoms with E-state index in [1.807, 2.05) is 38.1 Å². The van der Waals surface area contributed by atoms with Crippen LogP contribution in [0.3, 0.4) is 0 Å². The number of carbonyl (C=O) groups is 2. The van der Waals surface area contributed by atoms with Gasteiger partial charge in [-0.25, -0.2) is 4.39 Å². The van der Waals surface area contributed by atoms with Crippen LogP contribution in [0.25, 0.3) is 11.0 Å². The molecule has 2 amide bonds. The van der Waals surface area contributed by atoms with E-state index in [1.165, 1.54) is 17.0 Å². The molecule has 0 bridgehead atoms. The molecule has 0 fully saturated rings. The standard InChI is InChI=1S/C27H21ClFIN2O3/c1-27(2)24-21(30)11-17(25(33)31-13-15-6-7-16-8-9-35-23(16)10-15)12-22(24)32(26(27)34)14-18-19(28)4-3-5-20(18)29/h3-12H,13-14H2,1-2H3,(H,31,33). The molecule has 0 saturated carbocycles. The molecule has 0 radical (unpaired) electrons. The summed E-state index contributed by atoms with van der Waals surface area (Å²) in [7, 11) is 0. The monoisotopic (exact) mass is 602 g/mol. The normalized spacial score (nSPS) is 14.4. The van der Waals surface area contributed by atoms with Gasteiger partial charge in [0.25, 0.3) is 5.91 Å². The first kappa shape index (κ1) is 23.8. The number of amides is 2. The van der Waals surface area contributed by atoms with Crippen molar-refractivity contribution in [3.63, 3.8) is 0 Å². The van der Waals surface area contributed by atoms with Gasteiger partial charge in [-0.2, -0.15) is 0 Å². The molecule has 2 heterocycles. The van der Waals surface area contributed by atoms with Crippen molar-refractivity contribution in [2.24, 2.45) is 0 Å². The number of nitrogens with one attached hydrogen (secondary N) is 1. The van der Waals surface area contributed by atoms with Gasteiger partial charge in [0.1, 0.15) is 11.4 Å². The van der Waals surface area contributed by atoms with E-state index in [1.54, 1.807) is 24.5 Å². The molecule has 0 spiro atoms. The highest BCUT2D eigenvalue weighted by Crippen LogP contribution is 2.45. The van der Waals surface area contributed by atoms with Gasteiger partial charge in [-0.3, -0.25) is 9.59 Å². The lowest BCUT2D eigenvalue weighted by molar-refractivity contribution is -0.122. The SMILES string of the molecule is CC1(C)C(=O)N(Cc2c(F)cccc2Cl)c2cc(C(=O)NCc3ccc4ccoc4c3)cc(I)c21. The summed E-state index contributed by atoms with van der Waals surface area (Å²) in [6.45, 7) is 3.97. The summed E-state index contributed by atoms with van der Waals surface area (Å²) in [5, 5.41) is 4.18. The first-order valence-corrected chi connectivity index (χ1v) is 12.5. The fourth-order valence-corrected chi connectivity index (χ4v) is 6.01. The van der Waals surface area contributed by atoms with E-state index in [2.05, 4.69) is 27.9 Å². The average molecular weight is 603 g/mol. The first-order valence-electron chi connectivity index (χ1n) is 11.0. The maximum atomic E-state index is 14.5. The van der Waals surface area contributed by atoms with E-state index in [9.17, 15) is 14.0 Å². The van der Waals surface area contributed by atoms with E-state index < -0.39 is 11.2 Å². The highest BCUT2D eigenvalue weighted by Gasteiger charge is 2.46. The average Bonchev–Trinajstić information content (AvgIpc) is 3.36. The third kappa shape index (κ3) is 4.21. The fraction of sp³-hybridized carbons (Fsp3) is 0.185. The molecular weight excluding hydrogens is 582 g/mol. The fourth-order valence-electron chi connectivity index (χ4n) is 4.50. The molecule has 8 heteroatoms. The lowest BCUT2D eigenvalue weighted by Crippen LogP contribution is -2.36. The molecule has 0 atom stereocenters. The summed E-state index contributed by atoms with van der Waals surface area (Å²) in [6, 6.07) is 15.6. The molecule has 1 aliphatic heterocycles. The largest absolute Gasteiger partial charge is 0.464 e. The minimum Gasteiger partial charge on any atom is -0.464 e. The molecule has 0 aliphatic carbocycles. The van der Waals surface area contributed by atoms with Crippen molar-refractivity contribution in [3.05, 3.63) is 97.5 Å². The van der Waals surface area contributed by atoms with E-state index in [0.29, 0.717) is 17.8 Å². The van der Waals surface area contributed by atoms with Crippen molar-refractivity contribution >= 4 is 62.7 Å². The molecule has 5 nitrogen and oxygen atoms in total. The van der Waals surface area contributed by atoms with Gasteiger partial charge in [-0.15, -0.1) is 0 Å². The molecule has 0 saturated heterocycles. The number of carbonyl (C=O) groups excluding carboxylic acids is 2. The predicted octanol–water partition coefficient (Wildman–Crippen LogP) is 6.58. The Morgan fingerprint density at radius 2 is 1.97 bits per heavy atom. The number of nitrogens with zero attached hydrogens (tertiary/aromatic N) is 1. The van der Waals surface area contributed by atoms with Crippen molar-refractivity contribution in [3.8, 4) is 0 Å². The van der Waals surface area contributed by atoms with Crippen molar-refractivity contribution in [1.82, 2.24) is 5.32 Å². The summed E-state index contributed by atoms with van der Waals surface area (Å²) in [5.41, 5.74) is 2.91. The van der Waals surface area contributed by atoms with Crippen LogP contribution in [0.2, 0.25) is 5.02 Å². The second kappa shape index (κ2) is 8.95. The Balaban J connectivity index is 1.45. The molecule has 178 valence electrons. The third-order valence-electron chi connectivity index (χ3n) is 6.38. The van der Waals surface area contributed by atoms with Crippen molar-refractivity contribution in [2.45, 2.75) is 32.4 Å². The van der Waals surface area contributed by atoms with Crippen LogP contribution < -0.4 is 10.2 Å². The number of fused-ring (bicyclic) bond motifs is 2. The zero-order valence-corrected chi connectivity index (χ0v) is 21.9. The van der Waals surface area contributed by atoms with Crippen LogP contribution in [0.4, 0.5) is 10.1 Å². The Bertz CT molecular complexity index is 1480. The van der Waals surface area contributed by atoms with Gasteiger partial charge in [-0.05, 0) is 78.4 Å². The molecule has 0 unspecified atom stereocenters. The van der Waals surface area contributed by atoms with E-state index in [-0.39, 0.29) is 28.9 Å². The van der Waals surface area contributed by atoms with Crippen LogP contribution in [0, 0.1) is 9.39 Å². The van der Waals surface area contributed by atoms with Gasteiger partial charge in [0, 0.05) is 37.2 Å². The van der Waals surface area contributed by atoms with Gasteiger partial charge in [0.15, 0.2) is 0 Å². The van der Waals surface area contributed by atoms with Crippen LogP contribution in [0.1, 0.15) is 40.9 Å². The lowest BCUT2D eigenvalue weighted by Gasteiger charge is -2.21. The minimum atomic E-state index is -0.822. The molecule has 3 aromatic carbocycles. The zero-order valence-electron chi connectivity index (χ0n) is 19.0. The maximum Gasteiger partial charge on any atom is 0.251 e. The Hall–Kier alpha value is -2.91. The highest BCUT2D eigenvalue weighted by molar-refractivity contribution is 14.1. The van der Waals surface area contributed by atoms with Crippen LogP contribution in [0.15, 0.2) is 65.3 Å². The second-order valence-electron chi connectivity index (χ2n) is 9.04. The van der Waals surface area contributed by atoms with Crippen LogP contribution in [-0.2, 0) is 23.3 Å². The molecule has 35 heavy (non-hydrogen) atoms. The van der Waals surface area contributed by atoms with Gasteiger partial charge >= 0.3 is 0 Å². The molecule has 1 aromatic heterocycles. The van der Waals surface area contributed by atoms with E-state index in [0.717, 1.165) is 25.7 Å². The number of furan rings is 1. The first-order chi connectivity index (χ1) is 16.7. The van der Waals surface area contributed by atoms with Gasteiger partial charge < -0.3 is 14.6 Å². The van der Waals surface area contributed by atoms with Crippen molar-refractivity contribution in [2.75, 3.05) is 4.90 Å². The zero-order chi connectivity index (χ0) is 24.9. The molecule has 1 aliphatic rings. The van der Waals surface area contributed by atoms with Gasteiger partial charge in [0.05, 0.1) is 23.9 Å². The van der Waals surface area contributed by atoms with Gasteiger partial charge in [-0.1, -0.05) is 29.8 Å². The summed E-state index contributed by atoms with van der Waals surface area (Å²) in [4.78, 5) is 28.0. The number of benzene rings is 3. The molecule has 4 aromatic rings. The Morgan fingerprint density at radius 1 is 1.17 bits per heavy atom. The van der Waals surface area contributed by atoms with Crippen LogP contribution >= 0.6 is 34.2 Å². The number of hydrogen-bond acceptors (Lipinski definition) is 3. The third-order valence-corrected chi connectivity index (χ3v) is 7.58. The van der Waals surface area contributed by atoms with Crippen molar-refractivity contribution < 1.29 is 18.4 Å². The maximum absolute atomic E-state index is 14.5. The van der Waals surface area contributed by atoms with E-state index in [4.69, 9.17) is 16.0 Å². The van der Waals surface area contributed by atoms with Crippen LogP contribution in [0.5, 0.6) is 0 Å². The summed E-state index contributed by atoms with van der Waals surface area (Å²) in [5.74, 6) is -0.922. The smallest absolute Gasteiger partial charge is 0.251 e. The number of anilines is 1. The van der Waals surface area contributed by atoms with Crippen molar-refractivity contribution in [1.29, 1.82) is 0 Å². The number of rotatable bonds is 5. The van der Waals surface area contributed by atoms with Crippen LogP contribution in [-0.4, -0.2) is 11.8 Å². The highest BCUT2D eigenvalue weighted by atomic mass is 127. The molecule has 5 rings (SSSR count).